The Bertz CT molecular complexity index is 1070. The van der Waals surface area contributed by atoms with Crippen LogP contribution >= 0.6 is 0 Å². The van der Waals surface area contributed by atoms with Gasteiger partial charge in [-0.1, -0.05) is 19.1 Å². The fourth-order valence-electron chi connectivity index (χ4n) is 4.19. The molecule has 29 heavy (non-hydrogen) atoms. The van der Waals surface area contributed by atoms with Gasteiger partial charge in [-0.2, -0.15) is 0 Å². The Labute approximate surface area is 169 Å². The van der Waals surface area contributed by atoms with E-state index in [-0.39, 0.29) is 11.9 Å². The minimum Gasteiger partial charge on any atom is -0.484 e. The second-order valence-electron chi connectivity index (χ2n) is 7.70. The van der Waals surface area contributed by atoms with E-state index < -0.39 is 10.0 Å². The Morgan fingerprint density at radius 3 is 2.97 bits per heavy atom. The predicted octanol–water partition coefficient (Wildman–Crippen LogP) is 1.64. The van der Waals surface area contributed by atoms with Gasteiger partial charge in [0.05, 0.1) is 25.5 Å². The highest BCUT2D eigenvalue weighted by atomic mass is 32.2. The molecule has 1 aromatic heterocycles. The number of nitrogens with one attached hydrogen (secondary N) is 2. The van der Waals surface area contributed by atoms with Gasteiger partial charge in [0.1, 0.15) is 6.61 Å². The summed E-state index contributed by atoms with van der Waals surface area (Å²) in [4.78, 5) is 11.6. The van der Waals surface area contributed by atoms with Crippen LogP contribution in [0.2, 0.25) is 0 Å². The summed E-state index contributed by atoms with van der Waals surface area (Å²) in [6.07, 6.45) is 1.10. The number of hydrogen-bond acceptors (Lipinski definition) is 8. The topological polar surface area (TPSA) is 106 Å². The number of rotatable bonds is 3. The molecule has 0 radical (unpaired) electrons. The van der Waals surface area contributed by atoms with Crippen molar-refractivity contribution in [3.8, 4) is 17.1 Å². The smallest absolute Gasteiger partial charge is 0.231 e. The van der Waals surface area contributed by atoms with Crippen molar-refractivity contribution in [1.82, 2.24) is 9.97 Å². The normalized spacial score (nSPS) is 22.8. The van der Waals surface area contributed by atoms with E-state index in [2.05, 4.69) is 26.8 Å². The molecular weight excluding hydrogens is 394 g/mol. The molecule has 154 valence electrons. The van der Waals surface area contributed by atoms with Crippen LogP contribution in [0.25, 0.3) is 11.4 Å². The summed E-state index contributed by atoms with van der Waals surface area (Å²) >= 11 is 0. The predicted molar refractivity (Wildman–Crippen MR) is 110 cm³/mol. The molecule has 9 nitrogen and oxygen atoms in total. The van der Waals surface area contributed by atoms with Gasteiger partial charge >= 0.3 is 0 Å². The molecule has 2 atom stereocenters. The number of fused-ring (bicyclic) bond motifs is 4. The third-order valence-electron chi connectivity index (χ3n) is 5.49. The average molecular weight is 417 g/mol. The van der Waals surface area contributed by atoms with Gasteiger partial charge in [-0.05, 0) is 11.6 Å². The van der Waals surface area contributed by atoms with Crippen molar-refractivity contribution in [2.75, 3.05) is 54.1 Å². The van der Waals surface area contributed by atoms with Gasteiger partial charge in [0.2, 0.25) is 15.8 Å². The van der Waals surface area contributed by atoms with Crippen LogP contribution in [0.15, 0.2) is 18.2 Å². The second kappa shape index (κ2) is 6.74. The van der Waals surface area contributed by atoms with E-state index in [1.807, 2.05) is 18.2 Å². The maximum absolute atomic E-state index is 12.0. The lowest BCUT2D eigenvalue weighted by molar-refractivity contribution is 0.0698. The van der Waals surface area contributed by atoms with E-state index >= 15 is 0 Å². The molecular formula is C19H23N5O4S. The lowest BCUT2D eigenvalue weighted by atomic mass is 9.97. The van der Waals surface area contributed by atoms with Gasteiger partial charge in [0.25, 0.3) is 0 Å². The largest absolute Gasteiger partial charge is 0.484 e. The highest BCUT2D eigenvalue weighted by Crippen LogP contribution is 2.43. The van der Waals surface area contributed by atoms with Crippen LogP contribution in [0.1, 0.15) is 18.4 Å². The number of nitrogens with zero attached hydrogens (tertiary/aromatic N) is 3. The molecule has 0 amide bonds. The molecule has 4 heterocycles. The fraction of sp³-hybridized carbons (Fsp3) is 0.474. The number of benzene rings is 1. The van der Waals surface area contributed by atoms with Crippen molar-refractivity contribution >= 4 is 27.3 Å². The number of aromatic nitrogens is 2. The zero-order valence-electron chi connectivity index (χ0n) is 16.3. The Kier molecular flexibility index (Phi) is 4.28. The summed E-state index contributed by atoms with van der Waals surface area (Å²) in [5, 5.41) is 3.40. The molecule has 1 fully saturated rings. The van der Waals surface area contributed by atoms with Gasteiger partial charge in [0, 0.05) is 30.3 Å². The molecule has 10 heteroatoms. The van der Waals surface area contributed by atoms with Crippen LogP contribution < -0.4 is 19.7 Å². The Hall–Kier alpha value is -2.59. The maximum atomic E-state index is 12.0. The van der Waals surface area contributed by atoms with Crippen LogP contribution in [-0.4, -0.2) is 63.6 Å². The Balaban J connectivity index is 1.70. The third-order valence-corrected chi connectivity index (χ3v) is 6.05. The van der Waals surface area contributed by atoms with Crippen LogP contribution in [0, 0.1) is 0 Å². The maximum Gasteiger partial charge on any atom is 0.231 e. The van der Waals surface area contributed by atoms with Gasteiger partial charge in [-0.15, -0.1) is 0 Å². The van der Waals surface area contributed by atoms with Gasteiger partial charge in [0.15, 0.2) is 17.5 Å². The van der Waals surface area contributed by atoms with E-state index in [4.69, 9.17) is 14.5 Å². The van der Waals surface area contributed by atoms with E-state index in [0.717, 1.165) is 29.6 Å². The summed E-state index contributed by atoms with van der Waals surface area (Å²) in [5.41, 5.74) is 3.11. The molecule has 0 spiro atoms. The summed E-state index contributed by atoms with van der Waals surface area (Å²) < 4.78 is 37.9. The summed E-state index contributed by atoms with van der Waals surface area (Å²) in [5.74, 6) is 1.94. The number of morpholine rings is 1. The van der Waals surface area contributed by atoms with Crippen LogP contribution in [0.3, 0.4) is 0 Å². The number of anilines is 3. The fourth-order valence-corrected chi connectivity index (χ4v) is 4.68. The summed E-state index contributed by atoms with van der Waals surface area (Å²) in [6, 6.07) is 6.03. The van der Waals surface area contributed by atoms with Crippen molar-refractivity contribution < 1.29 is 17.9 Å². The van der Waals surface area contributed by atoms with Crippen LogP contribution in [-0.2, 0) is 14.8 Å². The first-order valence-electron chi connectivity index (χ1n) is 9.65. The van der Waals surface area contributed by atoms with Crippen molar-refractivity contribution in [3.05, 3.63) is 23.8 Å². The summed E-state index contributed by atoms with van der Waals surface area (Å²) in [7, 11) is -3.54. The molecule has 2 aromatic rings. The van der Waals surface area contributed by atoms with E-state index in [1.54, 1.807) is 0 Å². The van der Waals surface area contributed by atoms with E-state index in [1.165, 1.54) is 0 Å². The second-order valence-corrected chi connectivity index (χ2v) is 9.45. The molecule has 1 saturated heterocycles. The number of sulfonamides is 1. The minimum absolute atomic E-state index is 0.0483. The highest BCUT2D eigenvalue weighted by molar-refractivity contribution is 7.92. The molecule has 5 rings (SSSR count). The lowest BCUT2D eigenvalue weighted by Crippen LogP contribution is -2.51. The average Bonchev–Trinajstić information content (AvgIpc) is 3.08. The van der Waals surface area contributed by atoms with Crippen molar-refractivity contribution in [3.63, 3.8) is 0 Å². The van der Waals surface area contributed by atoms with Crippen molar-refractivity contribution in [2.45, 2.75) is 18.9 Å². The van der Waals surface area contributed by atoms with Crippen molar-refractivity contribution in [2.24, 2.45) is 0 Å². The molecule has 2 N–H and O–H groups in total. The quantitative estimate of drug-likeness (QED) is 0.777. The molecule has 0 aliphatic carbocycles. The first-order chi connectivity index (χ1) is 13.9. The van der Waals surface area contributed by atoms with Crippen molar-refractivity contribution in [1.29, 1.82) is 0 Å². The molecule has 3 aliphatic heterocycles. The number of hydrogen-bond donors (Lipinski definition) is 2. The van der Waals surface area contributed by atoms with Crippen LogP contribution in [0.5, 0.6) is 5.75 Å². The first kappa shape index (κ1) is 18.4. The Morgan fingerprint density at radius 2 is 2.14 bits per heavy atom. The molecule has 1 aromatic carbocycles. The monoisotopic (exact) mass is 417 g/mol. The number of ether oxygens (including phenoxy) is 2. The molecule has 0 bridgehead atoms. The van der Waals surface area contributed by atoms with Gasteiger partial charge < -0.3 is 19.7 Å². The highest BCUT2D eigenvalue weighted by Gasteiger charge is 2.35. The van der Waals surface area contributed by atoms with Gasteiger partial charge in [-0.3, -0.25) is 4.72 Å². The first-order valence-corrected chi connectivity index (χ1v) is 11.5. The SMILES string of the molecule is CC1CNc2cccc(-c3nc(NS(C)(=O)=O)c4c(n3)N3CCOCC3CO4)c21. The molecule has 3 aliphatic rings. The molecule has 0 saturated carbocycles. The van der Waals surface area contributed by atoms with Crippen LogP contribution in [0.4, 0.5) is 17.3 Å². The van der Waals surface area contributed by atoms with Gasteiger partial charge in [-0.25, -0.2) is 18.4 Å². The zero-order chi connectivity index (χ0) is 20.2. The molecule has 2 unspecified atom stereocenters. The van der Waals surface area contributed by atoms with E-state index in [0.29, 0.717) is 49.7 Å². The standard InChI is InChI=1S/C19H23N5O4S/c1-11-8-20-14-5-3-4-13(15(11)14)17-21-18(23-29(2,25)26)16-19(22-17)24-6-7-27-9-12(24)10-28-16/h3-5,11-12,20H,6-10H2,1-2H3,(H,21,22,23). The van der Waals surface area contributed by atoms with E-state index in [9.17, 15) is 8.42 Å². The zero-order valence-corrected chi connectivity index (χ0v) is 17.1. The lowest BCUT2D eigenvalue weighted by Gasteiger charge is -2.40. The third kappa shape index (κ3) is 3.25. The Morgan fingerprint density at radius 1 is 1.28 bits per heavy atom. The minimum atomic E-state index is -3.54. The summed E-state index contributed by atoms with van der Waals surface area (Å²) in [6.45, 7) is 5.20.